The van der Waals surface area contributed by atoms with Crippen molar-refractivity contribution in [3.05, 3.63) is 64.1 Å². The molecular weight excluding hydrogens is 362 g/mol. The highest BCUT2D eigenvalue weighted by atomic mass is 16.4. The molecule has 1 aliphatic heterocycles. The summed E-state index contributed by atoms with van der Waals surface area (Å²) in [6, 6.07) is 11.6. The number of carbonyl (C=O) groups excluding carboxylic acids is 3. The van der Waals surface area contributed by atoms with Crippen molar-refractivity contribution in [2.24, 2.45) is 7.05 Å². The SMILES string of the molecule is Cn1c(=O)oc2ccc(NC(=O)CCCN3C(=O)c4ccccc4C3=O)cc21. The number of amides is 3. The van der Waals surface area contributed by atoms with Crippen molar-refractivity contribution in [1.82, 2.24) is 9.47 Å². The predicted molar refractivity (Wildman–Crippen MR) is 101 cm³/mol. The Morgan fingerprint density at radius 1 is 1.04 bits per heavy atom. The van der Waals surface area contributed by atoms with Crippen LogP contribution in [-0.2, 0) is 11.8 Å². The van der Waals surface area contributed by atoms with Crippen LogP contribution in [-0.4, -0.2) is 33.7 Å². The second kappa shape index (κ2) is 6.80. The largest absolute Gasteiger partial charge is 0.419 e. The molecule has 0 fully saturated rings. The van der Waals surface area contributed by atoms with Crippen molar-refractivity contribution in [3.8, 4) is 0 Å². The van der Waals surface area contributed by atoms with Crippen LogP contribution < -0.4 is 11.1 Å². The zero-order chi connectivity index (χ0) is 19.8. The molecule has 2 aromatic carbocycles. The molecule has 0 spiro atoms. The number of aromatic nitrogens is 1. The molecule has 3 aromatic rings. The maximum absolute atomic E-state index is 12.3. The van der Waals surface area contributed by atoms with Gasteiger partial charge in [0.15, 0.2) is 5.58 Å². The number of benzene rings is 2. The summed E-state index contributed by atoms with van der Waals surface area (Å²) in [5, 5.41) is 2.75. The van der Waals surface area contributed by atoms with Crippen molar-refractivity contribution in [2.75, 3.05) is 11.9 Å². The highest BCUT2D eigenvalue weighted by Crippen LogP contribution is 2.23. The minimum absolute atomic E-state index is 0.149. The van der Waals surface area contributed by atoms with E-state index in [4.69, 9.17) is 4.42 Å². The molecule has 3 amide bonds. The number of aryl methyl sites for hydroxylation is 1. The van der Waals surface area contributed by atoms with E-state index in [1.54, 1.807) is 49.5 Å². The van der Waals surface area contributed by atoms with Crippen LogP contribution in [0.4, 0.5) is 5.69 Å². The monoisotopic (exact) mass is 379 g/mol. The number of fused-ring (bicyclic) bond motifs is 2. The molecule has 2 heterocycles. The molecule has 28 heavy (non-hydrogen) atoms. The minimum Gasteiger partial charge on any atom is -0.408 e. The van der Waals surface area contributed by atoms with Crippen LogP contribution in [0.3, 0.4) is 0 Å². The van der Waals surface area contributed by atoms with Gasteiger partial charge in [0.2, 0.25) is 5.91 Å². The third-order valence-electron chi connectivity index (χ3n) is 4.74. The van der Waals surface area contributed by atoms with Gasteiger partial charge in [-0.1, -0.05) is 12.1 Å². The quantitative estimate of drug-likeness (QED) is 0.685. The van der Waals surface area contributed by atoms with E-state index in [1.165, 1.54) is 9.47 Å². The molecule has 8 nitrogen and oxygen atoms in total. The van der Waals surface area contributed by atoms with E-state index in [1.807, 2.05) is 0 Å². The van der Waals surface area contributed by atoms with Crippen molar-refractivity contribution >= 4 is 34.5 Å². The van der Waals surface area contributed by atoms with Gasteiger partial charge in [-0.3, -0.25) is 23.9 Å². The Bertz CT molecular complexity index is 1140. The Balaban J connectivity index is 1.35. The molecule has 142 valence electrons. The highest BCUT2D eigenvalue weighted by Gasteiger charge is 2.34. The molecule has 0 atom stereocenters. The summed E-state index contributed by atoms with van der Waals surface area (Å²) in [7, 11) is 1.59. The number of rotatable bonds is 5. The van der Waals surface area contributed by atoms with Crippen LogP contribution >= 0.6 is 0 Å². The number of imide groups is 1. The first-order chi connectivity index (χ1) is 13.5. The molecule has 0 saturated carbocycles. The predicted octanol–water partition coefficient (Wildman–Crippen LogP) is 2.15. The summed E-state index contributed by atoms with van der Waals surface area (Å²) in [5.74, 6) is -1.37. The topological polar surface area (TPSA) is 102 Å². The number of hydrogen-bond donors (Lipinski definition) is 1. The van der Waals surface area contributed by atoms with Crippen molar-refractivity contribution < 1.29 is 18.8 Å². The lowest BCUT2D eigenvalue weighted by Gasteiger charge is -2.13. The fraction of sp³-hybridized carbons (Fsp3) is 0.200. The maximum Gasteiger partial charge on any atom is 0.419 e. The first-order valence-corrected chi connectivity index (χ1v) is 8.80. The minimum atomic E-state index is -0.473. The van der Waals surface area contributed by atoms with Crippen LogP contribution in [0.1, 0.15) is 33.6 Å². The Labute approximate surface area is 159 Å². The van der Waals surface area contributed by atoms with E-state index < -0.39 is 5.76 Å². The van der Waals surface area contributed by atoms with Gasteiger partial charge in [0.1, 0.15) is 0 Å². The molecule has 8 heteroatoms. The Kier molecular flexibility index (Phi) is 4.31. The Morgan fingerprint density at radius 3 is 2.39 bits per heavy atom. The average Bonchev–Trinajstić information content (AvgIpc) is 3.10. The first kappa shape index (κ1) is 17.7. The van der Waals surface area contributed by atoms with Gasteiger partial charge in [-0.15, -0.1) is 0 Å². The second-order valence-electron chi connectivity index (χ2n) is 6.57. The summed E-state index contributed by atoms with van der Waals surface area (Å²) in [6.07, 6.45) is 0.500. The third kappa shape index (κ3) is 2.98. The maximum atomic E-state index is 12.3. The van der Waals surface area contributed by atoms with E-state index in [9.17, 15) is 19.2 Å². The first-order valence-electron chi connectivity index (χ1n) is 8.80. The standard InChI is InChI=1S/C20H17N3O5/c1-22-15-11-12(8-9-16(15)28-20(22)27)21-17(24)7-4-10-23-18(25)13-5-2-3-6-14(13)19(23)26/h2-3,5-6,8-9,11H,4,7,10H2,1H3,(H,21,24). The average molecular weight is 379 g/mol. The fourth-order valence-corrected chi connectivity index (χ4v) is 3.27. The number of carbonyl (C=O) groups is 3. The van der Waals surface area contributed by atoms with Crippen LogP contribution in [0.2, 0.25) is 0 Å². The van der Waals surface area contributed by atoms with E-state index in [2.05, 4.69) is 5.32 Å². The van der Waals surface area contributed by atoms with Crippen LogP contribution in [0.25, 0.3) is 11.1 Å². The zero-order valence-corrected chi connectivity index (χ0v) is 15.1. The lowest BCUT2D eigenvalue weighted by molar-refractivity contribution is -0.116. The van der Waals surface area contributed by atoms with Gasteiger partial charge in [0, 0.05) is 25.7 Å². The second-order valence-corrected chi connectivity index (χ2v) is 6.57. The number of nitrogens with one attached hydrogen (secondary N) is 1. The zero-order valence-electron chi connectivity index (χ0n) is 15.1. The third-order valence-corrected chi connectivity index (χ3v) is 4.74. The molecule has 0 bridgehead atoms. The molecule has 0 radical (unpaired) electrons. The van der Waals surface area contributed by atoms with Gasteiger partial charge in [-0.25, -0.2) is 4.79 Å². The summed E-state index contributed by atoms with van der Waals surface area (Å²) in [4.78, 5) is 49.5. The molecule has 1 N–H and O–H groups in total. The van der Waals surface area contributed by atoms with Gasteiger partial charge in [0.05, 0.1) is 16.6 Å². The van der Waals surface area contributed by atoms with Crippen molar-refractivity contribution in [3.63, 3.8) is 0 Å². The van der Waals surface area contributed by atoms with Crippen LogP contribution in [0, 0.1) is 0 Å². The number of nitrogens with zero attached hydrogens (tertiary/aromatic N) is 2. The van der Waals surface area contributed by atoms with Gasteiger partial charge in [0.25, 0.3) is 11.8 Å². The summed E-state index contributed by atoms with van der Waals surface area (Å²) >= 11 is 0. The Morgan fingerprint density at radius 2 is 1.71 bits per heavy atom. The normalized spacial score (nSPS) is 13.2. The van der Waals surface area contributed by atoms with E-state index in [0.29, 0.717) is 34.3 Å². The number of oxazole rings is 1. The van der Waals surface area contributed by atoms with E-state index in [-0.39, 0.29) is 30.7 Å². The van der Waals surface area contributed by atoms with Crippen molar-refractivity contribution in [1.29, 1.82) is 0 Å². The van der Waals surface area contributed by atoms with Gasteiger partial charge < -0.3 is 9.73 Å². The van der Waals surface area contributed by atoms with Crippen LogP contribution in [0.15, 0.2) is 51.7 Å². The molecule has 1 aromatic heterocycles. The van der Waals surface area contributed by atoms with E-state index >= 15 is 0 Å². The fourth-order valence-electron chi connectivity index (χ4n) is 3.27. The van der Waals surface area contributed by atoms with Gasteiger partial charge in [-0.2, -0.15) is 0 Å². The summed E-state index contributed by atoms with van der Waals surface area (Å²) in [6.45, 7) is 0.176. The molecular formula is C20H17N3O5. The molecule has 0 aliphatic carbocycles. The summed E-state index contributed by atoms with van der Waals surface area (Å²) < 4.78 is 6.41. The number of hydrogen-bond acceptors (Lipinski definition) is 5. The smallest absolute Gasteiger partial charge is 0.408 e. The lowest BCUT2D eigenvalue weighted by atomic mass is 10.1. The van der Waals surface area contributed by atoms with Gasteiger partial charge in [-0.05, 0) is 36.8 Å². The molecule has 1 aliphatic rings. The van der Waals surface area contributed by atoms with Crippen molar-refractivity contribution in [2.45, 2.75) is 12.8 Å². The molecule has 0 unspecified atom stereocenters. The molecule has 4 rings (SSSR count). The van der Waals surface area contributed by atoms with Crippen LogP contribution in [0.5, 0.6) is 0 Å². The number of anilines is 1. The Hall–Kier alpha value is -3.68. The van der Waals surface area contributed by atoms with E-state index in [0.717, 1.165) is 0 Å². The highest BCUT2D eigenvalue weighted by molar-refractivity contribution is 6.21. The molecule has 0 saturated heterocycles. The summed E-state index contributed by atoms with van der Waals surface area (Å²) in [5.41, 5.74) is 2.35. The van der Waals surface area contributed by atoms with Gasteiger partial charge >= 0.3 is 5.76 Å². The lowest BCUT2D eigenvalue weighted by Crippen LogP contribution is -2.31.